The van der Waals surface area contributed by atoms with Crippen molar-refractivity contribution in [3.05, 3.63) is 35.9 Å². The third-order valence-electron chi connectivity index (χ3n) is 3.20. The molecule has 1 unspecified atom stereocenters. The number of carbonyl (C=O) groups is 2. The summed E-state index contributed by atoms with van der Waals surface area (Å²) in [5, 5.41) is 0. The van der Waals surface area contributed by atoms with Crippen LogP contribution in [-0.2, 0) is 19.1 Å². The number of benzene rings is 1. The van der Waals surface area contributed by atoms with Crippen LogP contribution in [0.25, 0.3) is 0 Å². The lowest BCUT2D eigenvalue weighted by Crippen LogP contribution is -2.33. The predicted octanol–water partition coefficient (Wildman–Crippen LogP) is 2.78. The van der Waals surface area contributed by atoms with Crippen molar-refractivity contribution in [2.24, 2.45) is 0 Å². The fourth-order valence-corrected chi connectivity index (χ4v) is 2.34. The molecule has 102 valence electrons. The van der Waals surface area contributed by atoms with Crippen molar-refractivity contribution in [1.29, 1.82) is 0 Å². The van der Waals surface area contributed by atoms with Crippen LogP contribution < -0.4 is 0 Å². The van der Waals surface area contributed by atoms with E-state index in [1.807, 2.05) is 30.3 Å². The maximum absolute atomic E-state index is 11.2. The Morgan fingerprint density at radius 1 is 1.16 bits per heavy atom. The van der Waals surface area contributed by atoms with Crippen LogP contribution >= 0.6 is 0 Å². The second kappa shape index (κ2) is 6.36. The van der Waals surface area contributed by atoms with Crippen LogP contribution in [0.2, 0.25) is 0 Å². The Balaban J connectivity index is 2.04. The molecule has 1 atom stereocenters. The minimum atomic E-state index is -0.745. The van der Waals surface area contributed by atoms with E-state index in [1.165, 1.54) is 5.56 Å². The highest BCUT2D eigenvalue weighted by molar-refractivity contribution is 5.92. The van der Waals surface area contributed by atoms with Gasteiger partial charge in [0.25, 0.3) is 0 Å². The monoisotopic (exact) mass is 262 g/mol. The standard InChI is InChI=1S/C15H18O4/c1-2-6-12(11-7-4-3-5-8-11)9-15-18-13(16)10-14(17)19-15/h3-5,7-8,12,15H,2,6,9-10H2,1H3. The fraction of sp³-hybridized carbons (Fsp3) is 0.467. The van der Waals surface area contributed by atoms with Gasteiger partial charge in [0.2, 0.25) is 6.29 Å². The van der Waals surface area contributed by atoms with E-state index in [2.05, 4.69) is 6.92 Å². The zero-order chi connectivity index (χ0) is 13.7. The molecule has 0 bridgehead atoms. The second-order valence-corrected chi connectivity index (χ2v) is 4.72. The molecular formula is C15H18O4. The smallest absolute Gasteiger partial charge is 0.320 e. The van der Waals surface area contributed by atoms with Gasteiger partial charge in [-0.05, 0) is 17.9 Å². The number of carbonyl (C=O) groups excluding carboxylic acids is 2. The Labute approximate surface area is 112 Å². The third-order valence-corrected chi connectivity index (χ3v) is 3.20. The Bertz CT molecular complexity index is 425. The van der Waals surface area contributed by atoms with E-state index in [0.717, 1.165) is 12.8 Å². The van der Waals surface area contributed by atoms with E-state index in [-0.39, 0.29) is 12.3 Å². The van der Waals surface area contributed by atoms with Crippen molar-refractivity contribution in [2.45, 2.75) is 44.8 Å². The van der Waals surface area contributed by atoms with Gasteiger partial charge in [0.05, 0.1) is 0 Å². The molecular weight excluding hydrogens is 244 g/mol. The number of ether oxygens (including phenoxy) is 2. The van der Waals surface area contributed by atoms with Gasteiger partial charge in [0, 0.05) is 6.42 Å². The molecule has 4 nitrogen and oxygen atoms in total. The molecule has 0 radical (unpaired) electrons. The van der Waals surface area contributed by atoms with Gasteiger partial charge in [-0.15, -0.1) is 0 Å². The fourth-order valence-electron chi connectivity index (χ4n) is 2.34. The molecule has 1 fully saturated rings. The molecule has 1 heterocycles. The van der Waals surface area contributed by atoms with E-state index < -0.39 is 18.2 Å². The summed E-state index contributed by atoms with van der Waals surface area (Å²) < 4.78 is 10.1. The highest BCUT2D eigenvalue weighted by Gasteiger charge is 2.30. The molecule has 1 aromatic carbocycles. The van der Waals surface area contributed by atoms with Crippen molar-refractivity contribution < 1.29 is 19.1 Å². The Morgan fingerprint density at radius 2 is 1.79 bits per heavy atom. The molecule has 0 saturated carbocycles. The maximum Gasteiger partial charge on any atom is 0.320 e. The first kappa shape index (κ1) is 13.6. The molecule has 0 aromatic heterocycles. The molecule has 0 amide bonds. The minimum Gasteiger partial charge on any atom is -0.425 e. The highest BCUT2D eigenvalue weighted by Crippen LogP contribution is 2.28. The first-order chi connectivity index (χ1) is 9.19. The van der Waals surface area contributed by atoms with Gasteiger partial charge in [0.15, 0.2) is 0 Å². The largest absolute Gasteiger partial charge is 0.425 e. The van der Waals surface area contributed by atoms with E-state index in [0.29, 0.717) is 6.42 Å². The van der Waals surface area contributed by atoms with Crippen LogP contribution in [0.1, 0.15) is 44.1 Å². The van der Waals surface area contributed by atoms with E-state index in [4.69, 9.17) is 9.47 Å². The second-order valence-electron chi connectivity index (χ2n) is 4.72. The molecule has 4 heteroatoms. The summed E-state index contributed by atoms with van der Waals surface area (Å²) in [7, 11) is 0. The van der Waals surface area contributed by atoms with Crippen molar-refractivity contribution in [1.82, 2.24) is 0 Å². The first-order valence-corrected chi connectivity index (χ1v) is 6.63. The number of rotatable bonds is 5. The van der Waals surface area contributed by atoms with Crippen LogP contribution in [0.3, 0.4) is 0 Å². The van der Waals surface area contributed by atoms with Gasteiger partial charge in [-0.1, -0.05) is 43.7 Å². The molecule has 2 rings (SSSR count). The van der Waals surface area contributed by atoms with Gasteiger partial charge in [-0.2, -0.15) is 0 Å². The van der Waals surface area contributed by atoms with Gasteiger partial charge in [0.1, 0.15) is 6.42 Å². The number of cyclic esters (lactones) is 2. The quantitative estimate of drug-likeness (QED) is 0.605. The molecule has 0 spiro atoms. The minimum absolute atomic E-state index is 0.231. The van der Waals surface area contributed by atoms with Gasteiger partial charge >= 0.3 is 11.9 Å². The van der Waals surface area contributed by atoms with Crippen LogP contribution in [0.5, 0.6) is 0 Å². The third kappa shape index (κ3) is 3.81. The molecule has 1 aromatic rings. The van der Waals surface area contributed by atoms with Crippen LogP contribution in [0, 0.1) is 0 Å². The SMILES string of the molecule is CCCC(CC1OC(=O)CC(=O)O1)c1ccccc1. The summed E-state index contributed by atoms with van der Waals surface area (Å²) in [5.74, 6) is -0.760. The summed E-state index contributed by atoms with van der Waals surface area (Å²) in [4.78, 5) is 22.5. The van der Waals surface area contributed by atoms with Gasteiger partial charge in [-0.25, -0.2) is 0 Å². The van der Waals surface area contributed by atoms with Crippen molar-refractivity contribution in [3.8, 4) is 0 Å². The average molecular weight is 262 g/mol. The number of hydrogen-bond donors (Lipinski definition) is 0. The van der Waals surface area contributed by atoms with Crippen molar-refractivity contribution in [3.63, 3.8) is 0 Å². The molecule has 0 aliphatic carbocycles. The Hall–Kier alpha value is -1.84. The van der Waals surface area contributed by atoms with Crippen LogP contribution in [0.15, 0.2) is 30.3 Å². The molecule has 1 aliphatic rings. The van der Waals surface area contributed by atoms with Crippen molar-refractivity contribution >= 4 is 11.9 Å². The summed E-state index contributed by atoms with van der Waals surface area (Å²) in [6, 6.07) is 10.0. The molecule has 0 N–H and O–H groups in total. The van der Waals surface area contributed by atoms with Crippen LogP contribution in [0.4, 0.5) is 0 Å². The summed E-state index contributed by atoms with van der Waals surface area (Å²) in [6.45, 7) is 2.11. The highest BCUT2D eigenvalue weighted by atomic mass is 16.7. The van der Waals surface area contributed by atoms with E-state index in [9.17, 15) is 9.59 Å². The average Bonchev–Trinajstić information content (AvgIpc) is 2.38. The van der Waals surface area contributed by atoms with E-state index >= 15 is 0 Å². The van der Waals surface area contributed by atoms with Gasteiger partial charge in [-0.3, -0.25) is 9.59 Å². The summed E-state index contributed by atoms with van der Waals surface area (Å²) >= 11 is 0. The molecule has 1 aliphatic heterocycles. The van der Waals surface area contributed by atoms with Crippen molar-refractivity contribution in [2.75, 3.05) is 0 Å². The summed E-state index contributed by atoms with van der Waals surface area (Å²) in [6.07, 6.45) is 1.49. The lowest BCUT2D eigenvalue weighted by atomic mass is 9.91. The summed E-state index contributed by atoms with van der Waals surface area (Å²) in [5.41, 5.74) is 1.18. The topological polar surface area (TPSA) is 52.6 Å². The van der Waals surface area contributed by atoms with Crippen LogP contribution in [-0.4, -0.2) is 18.2 Å². The number of esters is 2. The first-order valence-electron chi connectivity index (χ1n) is 6.63. The Kier molecular flexibility index (Phi) is 4.55. The Morgan fingerprint density at radius 3 is 2.37 bits per heavy atom. The van der Waals surface area contributed by atoms with Gasteiger partial charge < -0.3 is 9.47 Å². The molecule has 19 heavy (non-hydrogen) atoms. The zero-order valence-corrected chi connectivity index (χ0v) is 11.0. The molecule has 1 saturated heterocycles. The zero-order valence-electron chi connectivity index (χ0n) is 11.0. The lowest BCUT2D eigenvalue weighted by Gasteiger charge is -2.26. The van der Waals surface area contributed by atoms with E-state index in [1.54, 1.807) is 0 Å². The number of hydrogen-bond acceptors (Lipinski definition) is 4. The normalized spacial score (nSPS) is 17.7. The predicted molar refractivity (Wildman–Crippen MR) is 69.3 cm³/mol. The lowest BCUT2D eigenvalue weighted by molar-refractivity contribution is -0.204. The maximum atomic E-state index is 11.2.